The van der Waals surface area contributed by atoms with Crippen LogP contribution in [-0.4, -0.2) is 11.6 Å². The minimum Gasteiger partial charge on any atom is -0.366 e. The molecular formula is C8H6N2O. The zero-order valence-corrected chi connectivity index (χ0v) is 5.82. The highest BCUT2D eigenvalue weighted by molar-refractivity contribution is 5.35. The van der Waals surface area contributed by atoms with Crippen LogP contribution in [0.25, 0.3) is 0 Å². The third-order valence-corrected chi connectivity index (χ3v) is 1.60. The topological polar surface area (TPSA) is 49.2 Å². The number of aromatic nitrogens is 1. The van der Waals surface area contributed by atoms with Crippen molar-refractivity contribution in [3.05, 3.63) is 29.6 Å². The van der Waals surface area contributed by atoms with E-state index in [2.05, 4.69) is 11.1 Å². The SMILES string of the molecule is N#Cc1cccnc1C1CO1. The summed E-state index contributed by atoms with van der Waals surface area (Å²) >= 11 is 0. The van der Waals surface area contributed by atoms with Crippen molar-refractivity contribution in [2.45, 2.75) is 6.10 Å². The largest absolute Gasteiger partial charge is 0.366 e. The van der Waals surface area contributed by atoms with E-state index in [4.69, 9.17) is 10.00 Å². The number of hydrogen-bond acceptors (Lipinski definition) is 3. The molecule has 2 heterocycles. The number of nitriles is 1. The standard InChI is InChI=1S/C8H6N2O/c9-4-6-2-1-3-10-8(6)7-5-11-7/h1-3,7H,5H2. The van der Waals surface area contributed by atoms with E-state index in [1.54, 1.807) is 18.3 Å². The monoisotopic (exact) mass is 146 g/mol. The predicted molar refractivity (Wildman–Crippen MR) is 37.6 cm³/mol. The summed E-state index contributed by atoms with van der Waals surface area (Å²) in [6.07, 6.45) is 1.75. The summed E-state index contributed by atoms with van der Waals surface area (Å²) in [7, 11) is 0. The van der Waals surface area contributed by atoms with Gasteiger partial charge in [-0.05, 0) is 12.1 Å². The minimum absolute atomic E-state index is 0.0749. The molecule has 1 saturated heterocycles. The predicted octanol–water partition coefficient (Wildman–Crippen LogP) is 1.02. The van der Waals surface area contributed by atoms with E-state index in [9.17, 15) is 0 Å². The molecule has 0 N–H and O–H groups in total. The number of epoxide rings is 1. The van der Waals surface area contributed by atoms with Gasteiger partial charge in [-0.15, -0.1) is 0 Å². The van der Waals surface area contributed by atoms with Crippen LogP contribution in [0.15, 0.2) is 18.3 Å². The molecule has 1 aliphatic rings. The normalized spacial score (nSPS) is 20.8. The molecule has 1 atom stereocenters. The minimum atomic E-state index is 0.0749. The Morgan fingerprint density at radius 2 is 2.55 bits per heavy atom. The van der Waals surface area contributed by atoms with Crippen molar-refractivity contribution in [1.29, 1.82) is 5.26 Å². The van der Waals surface area contributed by atoms with Crippen molar-refractivity contribution in [2.75, 3.05) is 6.61 Å². The van der Waals surface area contributed by atoms with Crippen LogP contribution in [0.2, 0.25) is 0 Å². The van der Waals surface area contributed by atoms with Crippen molar-refractivity contribution < 1.29 is 4.74 Å². The van der Waals surface area contributed by atoms with Crippen LogP contribution in [-0.2, 0) is 4.74 Å². The Morgan fingerprint density at radius 1 is 1.73 bits per heavy atom. The average molecular weight is 146 g/mol. The number of rotatable bonds is 1. The van der Waals surface area contributed by atoms with E-state index in [1.807, 2.05) is 0 Å². The first-order chi connectivity index (χ1) is 5.42. The van der Waals surface area contributed by atoms with Gasteiger partial charge in [-0.1, -0.05) is 0 Å². The lowest BCUT2D eigenvalue weighted by atomic mass is 10.2. The van der Waals surface area contributed by atoms with Crippen molar-refractivity contribution in [3.8, 4) is 6.07 Å². The molecule has 3 heteroatoms. The molecule has 0 saturated carbocycles. The molecule has 54 valence electrons. The van der Waals surface area contributed by atoms with Gasteiger partial charge in [0.05, 0.1) is 17.9 Å². The molecule has 2 rings (SSSR count). The lowest BCUT2D eigenvalue weighted by Gasteiger charge is -1.94. The fourth-order valence-electron chi connectivity index (χ4n) is 0.975. The maximum Gasteiger partial charge on any atom is 0.124 e. The average Bonchev–Trinajstić information content (AvgIpc) is 2.87. The maximum absolute atomic E-state index is 8.65. The van der Waals surface area contributed by atoms with Gasteiger partial charge in [0.2, 0.25) is 0 Å². The van der Waals surface area contributed by atoms with E-state index in [1.165, 1.54) is 0 Å². The van der Waals surface area contributed by atoms with E-state index in [0.717, 1.165) is 5.69 Å². The molecule has 1 fully saturated rings. The molecule has 1 aromatic heterocycles. The Labute approximate surface area is 64.2 Å². The van der Waals surface area contributed by atoms with Crippen molar-refractivity contribution in [2.24, 2.45) is 0 Å². The van der Waals surface area contributed by atoms with E-state index in [-0.39, 0.29) is 6.10 Å². The summed E-state index contributed by atoms with van der Waals surface area (Å²) in [5.74, 6) is 0. The van der Waals surface area contributed by atoms with Gasteiger partial charge in [0.25, 0.3) is 0 Å². The zero-order chi connectivity index (χ0) is 7.68. The van der Waals surface area contributed by atoms with E-state index in [0.29, 0.717) is 12.2 Å². The Bertz CT molecular complexity index is 312. The summed E-state index contributed by atoms with van der Waals surface area (Å²) in [4.78, 5) is 4.06. The lowest BCUT2D eigenvalue weighted by molar-refractivity contribution is 0.411. The Hall–Kier alpha value is -1.40. The number of ether oxygens (including phenoxy) is 1. The third-order valence-electron chi connectivity index (χ3n) is 1.60. The number of nitrogens with zero attached hydrogens (tertiary/aromatic N) is 2. The van der Waals surface area contributed by atoms with E-state index < -0.39 is 0 Å². The molecule has 0 bridgehead atoms. The van der Waals surface area contributed by atoms with Crippen LogP contribution >= 0.6 is 0 Å². The van der Waals surface area contributed by atoms with Crippen LogP contribution in [0, 0.1) is 11.3 Å². The molecule has 1 aromatic rings. The quantitative estimate of drug-likeness (QED) is 0.556. The Kier molecular flexibility index (Phi) is 1.34. The molecule has 0 amide bonds. The first kappa shape index (κ1) is 6.32. The van der Waals surface area contributed by atoms with Gasteiger partial charge in [-0.3, -0.25) is 4.98 Å². The molecule has 11 heavy (non-hydrogen) atoms. The summed E-state index contributed by atoms with van der Waals surface area (Å²) in [5, 5.41) is 8.65. The van der Waals surface area contributed by atoms with Crippen LogP contribution in [0.1, 0.15) is 17.4 Å². The fraction of sp³-hybridized carbons (Fsp3) is 0.250. The van der Waals surface area contributed by atoms with E-state index >= 15 is 0 Å². The van der Waals surface area contributed by atoms with Crippen molar-refractivity contribution in [1.82, 2.24) is 4.98 Å². The summed E-state index contributed by atoms with van der Waals surface area (Å²) in [6.45, 7) is 0.700. The van der Waals surface area contributed by atoms with Crippen LogP contribution in [0.5, 0.6) is 0 Å². The molecule has 3 nitrogen and oxygen atoms in total. The zero-order valence-electron chi connectivity index (χ0n) is 5.82. The fourth-order valence-corrected chi connectivity index (χ4v) is 0.975. The molecule has 0 radical (unpaired) electrons. The number of pyridine rings is 1. The first-order valence-electron chi connectivity index (χ1n) is 3.38. The maximum atomic E-state index is 8.65. The molecule has 0 spiro atoms. The second kappa shape index (κ2) is 2.33. The van der Waals surface area contributed by atoms with Gasteiger partial charge in [0.1, 0.15) is 12.2 Å². The molecule has 1 aliphatic heterocycles. The van der Waals surface area contributed by atoms with Gasteiger partial charge in [-0.2, -0.15) is 5.26 Å². The molecule has 0 aliphatic carbocycles. The lowest BCUT2D eigenvalue weighted by Crippen LogP contribution is -1.90. The second-order valence-electron chi connectivity index (χ2n) is 2.37. The molecule has 1 unspecified atom stereocenters. The molecular weight excluding hydrogens is 140 g/mol. The van der Waals surface area contributed by atoms with Gasteiger partial charge in [-0.25, -0.2) is 0 Å². The Morgan fingerprint density at radius 3 is 3.18 bits per heavy atom. The second-order valence-corrected chi connectivity index (χ2v) is 2.37. The highest BCUT2D eigenvalue weighted by Crippen LogP contribution is 2.29. The molecule has 0 aromatic carbocycles. The number of hydrogen-bond donors (Lipinski definition) is 0. The van der Waals surface area contributed by atoms with Gasteiger partial charge in [0, 0.05) is 6.20 Å². The van der Waals surface area contributed by atoms with Gasteiger partial charge >= 0.3 is 0 Å². The van der Waals surface area contributed by atoms with Crippen molar-refractivity contribution >= 4 is 0 Å². The summed E-state index contributed by atoms with van der Waals surface area (Å²) in [6, 6.07) is 5.58. The summed E-state index contributed by atoms with van der Waals surface area (Å²) < 4.78 is 5.02. The van der Waals surface area contributed by atoms with Crippen LogP contribution < -0.4 is 0 Å². The Balaban J connectivity index is 2.44. The summed E-state index contributed by atoms with van der Waals surface area (Å²) in [5.41, 5.74) is 1.39. The smallest absolute Gasteiger partial charge is 0.124 e. The van der Waals surface area contributed by atoms with Crippen LogP contribution in [0.3, 0.4) is 0 Å². The highest BCUT2D eigenvalue weighted by atomic mass is 16.6. The van der Waals surface area contributed by atoms with Gasteiger partial charge < -0.3 is 4.74 Å². The highest BCUT2D eigenvalue weighted by Gasteiger charge is 2.28. The first-order valence-corrected chi connectivity index (χ1v) is 3.38. The van der Waals surface area contributed by atoms with Crippen LogP contribution in [0.4, 0.5) is 0 Å². The third kappa shape index (κ3) is 1.08. The van der Waals surface area contributed by atoms with Gasteiger partial charge in [0.15, 0.2) is 0 Å². The van der Waals surface area contributed by atoms with Crippen molar-refractivity contribution in [3.63, 3.8) is 0 Å².